The summed E-state index contributed by atoms with van der Waals surface area (Å²) in [5, 5.41) is 0. The van der Waals surface area contributed by atoms with Crippen molar-refractivity contribution in [3.8, 4) is 0 Å². The molecular formula is C14H24N2O4. The molecule has 0 aromatic carbocycles. The Hall–Kier alpha value is -1.40. The minimum atomic E-state index is -0.419. The van der Waals surface area contributed by atoms with Gasteiger partial charge in [0.1, 0.15) is 0 Å². The van der Waals surface area contributed by atoms with Crippen molar-refractivity contribution >= 4 is 11.8 Å². The second kappa shape index (κ2) is 6.85. The molecule has 2 amide bonds. The third-order valence-electron chi connectivity index (χ3n) is 3.11. The number of hydrogen-bond donors (Lipinski definition) is 0. The van der Waals surface area contributed by atoms with Crippen molar-refractivity contribution in [2.45, 2.75) is 25.6 Å². The topological polar surface area (TPSA) is 59.1 Å². The van der Waals surface area contributed by atoms with Gasteiger partial charge in [0, 0.05) is 27.2 Å². The van der Waals surface area contributed by atoms with Gasteiger partial charge in [0.2, 0.25) is 11.8 Å². The fourth-order valence-corrected chi connectivity index (χ4v) is 2.29. The maximum atomic E-state index is 12.3. The normalized spacial score (nSPS) is 21.4. The van der Waals surface area contributed by atoms with E-state index in [1.54, 1.807) is 19.1 Å². The first kappa shape index (κ1) is 16.7. The molecule has 0 aromatic heterocycles. The molecule has 1 heterocycles. The summed E-state index contributed by atoms with van der Waals surface area (Å²) in [7, 11) is 3.19. The molecule has 6 heteroatoms. The van der Waals surface area contributed by atoms with Gasteiger partial charge in [-0.2, -0.15) is 0 Å². The Labute approximate surface area is 120 Å². The minimum Gasteiger partial charge on any atom is -0.382 e. The van der Waals surface area contributed by atoms with Crippen LogP contribution in [0.2, 0.25) is 0 Å². The van der Waals surface area contributed by atoms with Gasteiger partial charge in [0.05, 0.1) is 24.9 Å². The van der Waals surface area contributed by atoms with Crippen LogP contribution in [0.5, 0.6) is 0 Å². The summed E-state index contributed by atoms with van der Waals surface area (Å²) in [6.45, 7) is 8.75. The fourth-order valence-electron chi connectivity index (χ4n) is 2.29. The SMILES string of the molecule is C=CC(=O)N(C)CC(=O)N1C[C@H](COC)OC(C)(C)C1. The predicted molar refractivity (Wildman–Crippen MR) is 75.2 cm³/mol. The molecule has 0 unspecified atom stereocenters. The van der Waals surface area contributed by atoms with Crippen LogP contribution in [-0.4, -0.2) is 73.7 Å². The molecule has 0 spiro atoms. The average molecular weight is 284 g/mol. The summed E-state index contributed by atoms with van der Waals surface area (Å²) >= 11 is 0. The van der Waals surface area contributed by atoms with Crippen LogP contribution in [0.1, 0.15) is 13.8 Å². The van der Waals surface area contributed by atoms with Crippen molar-refractivity contribution in [2.75, 3.05) is 40.4 Å². The molecule has 20 heavy (non-hydrogen) atoms. The molecule has 6 nitrogen and oxygen atoms in total. The fraction of sp³-hybridized carbons (Fsp3) is 0.714. The molecule has 0 bridgehead atoms. The number of nitrogens with zero attached hydrogens (tertiary/aromatic N) is 2. The third-order valence-corrected chi connectivity index (χ3v) is 3.11. The monoisotopic (exact) mass is 284 g/mol. The number of methoxy groups -OCH3 is 1. The van der Waals surface area contributed by atoms with Crippen LogP contribution in [-0.2, 0) is 19.1 Å². The zero-order chi connectivity index (χ0) is 15.3. The van der Waals surface area contributed by atoms with E-state index in [2.05, 4.69) is 6.58 Å². The Bertz CT molecular complexity index is 381. The van der Waals surface area contributed by atoms with Crippen molar-refractivity contribution in [1.29, 1.82) is 0 Å². The van der Waals surface area contributed by atoms with Crippen LogP contribution in [0.15, 0.2) is 12.7 Å². The second-order valence-corrected chi connectivity index (χ2v) is 5.63. The Morgan fingerprint density at radius 3 is 2.75 bits per heavy atom. The van der Waals surface area contributed by atoms with E-state index in [9.17, 15) is 9.59 Å². The molecule has 1 rings (SSSR count). The van der Waals surface area contributed by atoms with Gasteiger partial charge in [0.15, 0.2) is 0 Å². The number of ether oxygens (including phenoxy) is 2. The highest BCUT2D eigenvalue weighted by Crippen LogP contribution is 2.21. The van der Waals surface area contributed by atoms with Gasteiger partial charge < -0.3 is 19.3 Å². The zero-order valence-corrected chi connectivity index (χ0v) is 12.7. The van der Waals surface area contributed by atoms with Crippen LogP contribution in [0, 0.1) is 0 Å². The van der Waals surface area contributed by atoms with Gasteiger partial charge in [-0.15, -0.1) is 0 Å². The number of rotatable bonds is 5. The first-order valence-electron chi connectivity index (χ1n) is 6.61. The van der Waals surface area contributed by atoms with Crippen molar-refractivity contribution < 1.29 is 19.1 Å². The molecule has 0 radical (unpaired) electrons. The summed E-state index contributed by atoms with van der Waals surface area (Å²) in [5.41, 5.74) is -0.419. The first-order chi connectivity index (χ1) is 9.29. The van der Waals surface area contributed by atoms with Crippen molar-refractivity contribution in [1.82, 2.24) is 9.80 Å². The van der Waals surface area contributed by atoms with Gasteiger partial charge in [0.25, 0.3) is 0 Å². The Kier molecular flexibility index (Phi) is 5.71. The minimum absolute atomic E-state index is 0.0423. The lowest BCUT2D eigenvalue weighted by molar-refractivity contribution is -0.169. The second-order valence-electron chi connectivity index (χ2n) is 5.63. The number of amides is 2. The van der Waals surface area contributed by atoms with Gasteiger partial charge >= 0.3 is 0 Å². The molecule has 0 aliphatic carbocycles. The number of likely N-dealkylation sites (N-methyl/N-ethyl adjacent to an activating group) is 1. The summed E-state index contributed by atoms with van der Waals surface area (Å²) in [4.78, 5) is 26.8. The van der Waals surface area contributed by atoms with E-state index in [1.165, 1.54) is 11.0 Å². The van der Waals surface area contributed by atoms with Crippen molar-refractivity contribution in [2.24, 2.45) is 0 Å². The van der Waals surface area contributed by atoms with Crippen LogP contribution in [0.3, 0.4) is 0 Å². The van der Waals surface area contributed by atoms with Gasteiger partial charge in [-0.3, -0.25) is 9.59 Å². The van der Waals surface area contributed by atoms with Gasteiger partial charge in [-0.1, -0.05) is 6.58 Å². The van der Waals surface area contributed by atoms with Gasteiger partial charge in [-0.25, -0.2) is 0 Å². The lowest BCUT2D eigenvalue weighted by atomic mass is 10.1. The lowest BCUT2D eigenvalue weighted by Crippen LogP contribution is -2.57. The Morgan fingerprint density at radius 2 is 2.20 bits per heavy atom. The Balaban J connectivity index is 2.66. The summed E-state index contributed by atoms with van der Waals surface area (Å²) in [6, 6.07) is 0. The molecule has 1 fully saturated rings. The average Bonchev–Trinajstić information content (AvgIpc) is 2.36. The number of morpholine rings is 1. The maximum absolute atomic E-state index is 12.3. The highest BCUT2D eigenvalue weighted by atomic mass is 16.5. The molecule has 1 aliphatic rings. The van der Waals surface area contributed by atoms with E-state index in [4.69, 9.17) is 9.47 Å². The third kappa shape index (κ3) is 4.61. The van der Waals surface area contributed by atoms with E-state index < -0.39 is 5.60 Å². The molecule has 1 atom stereocenters. The van der Waals surface area contributed by atoms with E-state index >= 15 is 0 Å². The molecule has 114 valence electrons. The van der Waals surface area contributed by atoms with Crippen LogP contribution >= 0.6 is 0 Å². The van der Waals surface area contributed by atoms with E-state index in [1.807, 2.05) is 13.8 Å². The predicted octanol–water partition coefficient (Wildman–Crippen LogP) is 0.283. The van der Waals surface area contributed by atoms with Crippen LogP contribution < -0.4 is 0 Å². The van der Waals surface area contributed by atoms with Crippen molar-refractivity contribution in [3.05, 3.63) is 12.7 Å². The zero-order valence-electron chi connectivity index (χ0n) is 12.7. The maximum Gasteiger partial charge on any atom is 0.246 e. The smallest absolute Gasteiger partial charge is 0.246 e. The summed E-state index contributed by atoms with van der Waals surface area (Å²) in [6.07, 6.45) is 1.05. The lowest BCUT2D eigenvalue weighted by Gasteiger charge is -2.43. The van der Waals surface area contributed by atoms with Gasteiger partial charge in [-0.05, 0) is 19.9 Å². The summed E-state index contributed by atoms with van der Waals surface area (Å²) < 4.78 is 11.0. The largest absolute Gasteiger partial charge is 0.382 e. The quantitative estimate of drug-likeness (QED) is 0.681. The van der Waals surface area contributed by atoms with E-state index in [0.717, 1.165) is 0 Å². The molecule has 0 saturated carbocycles. The molecule has 0 aromatic rings. The molecule has 1 saturated heterocycles. The highest BCUT2D eigenvalue weighted by Gasteiger charge is 2.35. The first-order valence-corrected chi connectivity index (χ1v) is 6.61. The van der Waals surface area contributed by atoms with Crippen LogP contribution in [0.25, 0.3) is 0 Å². The molecule has 1 aliphatic heterocycles. The highest BCUT2D eigenvalue weighted by molar-refractivity contribution is 5.90. The number of carbonyl (C=O) groups is 2. The Morgan fingerprint density at radius 1 is 1.55 bits per heavy atom. The van der Waals surface area contributed by atoms with Crippen LogP contribution in [0.4, 0.5) is 0 Å². The van der Waals surface area contributed by atoms with E-state index in [0.29, 0.717) is 19.7 Å². The summed E-state index contributed by atoms with van der Waals surface area (Å²) in [5.74, 6) is -0.362. The molecule has 0 N–H and O–H groups in total. The number of hydrogen-bond acceptors (Lipinski definition) is 4. The standard InChI is InChI=1S/C14H24N2O4/c1-6-12(17)15(4)8-13(18)16-7-11(9-19-5)20-14(2,3)10-16/h6,11H,1,7-10H2,2-5H3/t11-/m1/s1. The van der Waals surface area contributed by atoms with E-state index in [-0.39, 0.29) is 24.5 Å². The molecular weight excluding hydrogens is 260 g/mol. The number of carbonyl (C=O) groups excluding carboxylic acids is 2. The van der Waals surface area contributed by atoms with Crippen molar-refractivity contribution in [3.63, 3.8) is 0 Å².